The second-order valence-corrected chi connectivity index (χ2v) is 5.27. The predicted molar refractivity (Wildman–Crippen MR) is 93.8 cm³/mol. The Balaban J connectivity index is 1.74. The Hall–Kier alpha value is -3.08. The van der Waals surface area contributed by atoms with Gasteiger partial charge in [0.05, 0.1) is 6.21 Å². The third kappa shape index (κ3) is 3.08. The van der Waals surface area contributed by atoms with E-state index in [0.29, 0.717) is 0 Å². The number of fused-ring (bicyclic) bond motifs is 1. The van der Waals surface area contributed by atoms with Crippen LogP contribution in [0.4, 0.5) is 10.5 Å². The largest absolute Gasteiger partial charge is 0.347 e. The van der Waals surface area contributed by atoms with E-state index >= 15 is 0 Å². The van der Waals surface area contributed by atoms with Crippen LogP contribution in [0.15, 0.2) is 59.7 Å². The molecule has 2 aromatic carbocycles. The van der Waals surface area contributed by atoms with Crippen molar-refractivity contribution in [2.45, 2.75) is 6.92 Å². The van der Waals surface area contributed by atoms with Crippen LogP contribution in [0.25, 0.3) is 10.9 Å². The lowest BCUT2D eigenvalue weighted by atomic mass is 10.1. The first-order valence-electron chi connectivity index (χ1n) is 7.36. The van der Waals surface area contributed by atoms with E-state index in [0.717, 1.165) is 27.8 Å². The molecular formula is C18H18N4O. The third-order valence-corrected chi connectivity index (χ3v) is 3.84. The van der Waals surface area contributed by atoms with Crippen LogP contribution in [0, 0.1) is 6.92 Å². The molecule has 0 bridgehead atoms. The van der Waals surface area contributed by atoms with Gasteiger partial charge in [0.1, 0.15) is 0 Å². The van der Waals surface area contributed by atoms with Crippen LogP contribution < -0.4 is 10.7 Å². The number of para-hydroxylation sites is 2. The van der Waals surface area contributed by atoms with Gasteiger partial charge in [-0.2, -0.15) is 5.10 Å². The zero-order chi connectivity index (χ0) is 16.2. The lowest BCUT2D eigenvalue weighted by Gasteiger charge is -2.03. The molecule has 3 aromatic rings. The zero-order valence-electron chi connectivity index (χ0n) is 13.1. The number of hydrogen-bond acceptors (Lipinski definition) is 2. The summed E-state index contributed by atoms with van der Waals surface area (Å²) in [5.74, 6) is 0. The molecule has 0 unspecified atom stereocenters. The highest BCUT2D eigenvalue weighted by Crippen LogP contribution is 2.22. The number of benzene rings is 2. The molecule has 0 saturated heterocycles. The second kappa shape index (κ2) is 6.36. The van der Waals surface area contributed by atoms with Crippen molar-refractivity contribution in [3.8, 4) is 0 Å². The number of amides is 2. The fourth-order valence-corrected chi connectivity index (χ4v) is 2.55. The quantitative estimate of drug-likeness (QED) is 0.563. The lowest BCUT2D eigenvalue weighted by Crippen LogP contribution is -2.24. The molecule has 0 aliphatic rings. The number of carbonyl (C=O) groups is 1. The minimum absolute atomic E-state index is 0.370. The van der Waals surface area contributed by atoms with Crippen molar-refractivity contribution in [3.05, 3.63) is 65.9 Å². The number of aryl methyl sites for hydroxylation is 1. The first-order valence-corrected chi connectivity index (χ1v) is 7.36. The Morgan fingerprint density at radius 1 is 1.09 bits per heavy atom. The number of carbonyl (C=O) groups excluding carboxylic acids is 1. The molecule has 0 radical (unpaired) electrons. The van der Waals surface area contributed by atoms with Gasteiger partial charge in [0.15, 0.2) is 0 Å². The fourth-order valence-electron chi connectivity index (χ4n) is 2.55. The number of nitrogens with one attached hydrogen (secondary N) is 2. The van der Waals surface area contributed by atoms with Crippen LogP contribution in [0.2, 0.25) is 0 Å². The van der Waals surface area contributed by atoms with E-state index in [-0.39, 0.29) is 6.03 Å². The minimum atomic E-state index is -0.370. The van der Waals surface area contributed by atoms with Gasteiger partial charge in [-0.25, -0.2) is 10.2 Å². The summed E-state index contributed by atoms with van der Waals surface area (Å²) in [6.45, 7) is 2.03. The average Bonchev–Trinajstić information content (AvgIpc) is 2.81. The van der Waals surface area contributed by atoms with E-state index in [1.165, 1.54) is 0 Å². The smallest absolute Gasteiger partial charge is 0.339 e. The van der Waals surface area contributed by atoms with Crippen LogP contribution in [-0.4, -0.2) is 16.8 Å². The predicted octanol–water partition coefficient (Wildman–Crippen LogP) is 3.64. The summed E-state index contributed by atoms with van der Waals surface area (Å²) >= 11 is 0. The number of hydrazone groups is 1. The summed E-state index contributed by atoms with van der Waals surface area (Å²) in [6, 6.07) is 17.0. The van der Waals surface area contributed by atoms with Crippen LogP contribution in [0.5, 0.6) is 0 Å². The SMILES string of the molecule is Cc1c(C=NNC(=O)Nc2ccccc2)c2ccccc2n1C. The van der Waals surface area contributed by atoms with E-state index in [2.05, 4.69) is 26.5 Å². The number of anilines is 1. The summed E-state index contributed by atoms with van der Waals surface area (Å²) in [6.07, 6.45) is 1.68. The van der Waals surface area contributed by atoms with Crippen LogP contribution in [0.1, 0.15) is 11.3 Å². The van der Waals surface area contributed by atoms with Crippen molar-refractivity contribution >= 4 is 28.8 Å². The summed E-state index contributed by atoms with van der Waals surface area (Å²) in [7, 11) is 2.02. The normalized spacial score (nSPS) is 11.0. The van der Waals surface area contributed by atoms with Crippen molar-refractivity contribution in [1.29, 1.82) is 0 Å². The molecule has 2 N–H and O–H groups in total. The summed E-state index contributed by atoms with van der Waals surface area (Å²) in [4.78, 5) is 11.8. The first-order chi connectivity index (χ1) is 11.2. The molecule has 2 amide bonds. The lowest BCUT2D eigenvalue weighted by molar-refractivity contribution is 0.252. The van der Waals surface area contributed by atoms with Crippen LogP contribution >= 0.6 is 0 Å². The molecule has 0 saturated carbocycles. The van der Waals surface area contributed by atoms with Crippen molar-refractivity contribution in [2.75, 3.05) is 5.32 Å². The average molecular weight is 306 g/mol. The van der Waals surface area contributed by atoms with Gasteiger partial charge >= 0.3 is 6.03 Å². The van der Waals surface area contributed by atoms with Crippen molar-refractivity contribution < 1.29 is 4.79 Å². The Kier molecular flexibility index (Phi) is 4.10. The Morgan fingerprint density at radius 2 is 1.78 bits per heavy atom. The molecule has 0 aliphatic heterocycles. The molecule has 116 valence electrons. The number of nitrogens with zero attached hydrogens (tertiary/aromatic N) is 2. The van der Waals surface area contributed by atoms with Gasteiger partial charge in [0.25, 0.3) is 0 Å². The molecule has 0 aliphatic carbocycles. The molecule has 0 atom stereocenters. The minimum Gasteiger partial charge on any atom is -0.347 e. The van der Waals surface area contributed by atoms with E-state index < -0.39 is 0 Å². The van der Waals surface area contributed by atoms with Crippen molar-refractivity contribution in [1.82, 2.24) is 9.99 Å². The molecule has 0 fully saturated rings. The number of rotatable bonds is 3. The summed E-state index contributed by atoms with van der Waals surface area (Å²) in [5, 5.41) is 7.89. The van der Waals surface area contributed by atoms with Gasteiger partial charge in [0.2, 0.25) is 0 Å². The molecule has 1 heterocycles. The van der Waals surface area contributed by atoms with E-state index in [9.17, 15) is 4.79 Å². The molecule has 23 heavy (non-hydrogen) atoms. The van der Waals surface area contributed by atoms with E-state index in [4.69, 9.17) is 0 Å². The third-order valence-electron chi connectivity index (χ3n) is 3.84. The maximum atomic E-state index is 11.8. The van der Waals surface area contributed by atoms with Crippen molar-refractivity contribution in [2.24, 2.45) is 12.1 Å². The maximum absolute atomic E-state index is 11.8. The zero-order valence-corrected chi connectivity index (χ0v) is 13.1. The standard InChI is InChI=1S/C18H18N4O/c1-13-16(15-10-6-7-11-17(15)22(13)2)12-19-21-18(23)20-14-8-4-3-5-9-14/h3-12H,1-2H3,(H2,20,21,23). The van der Waals surface area contributed by atoms with Gasteiger partial charge in [-0.1, -0.05) is 36.4 Å². The van der Waals surface area contributed by atoms with Crippen LogP contribution in [-0.2, 0) is 7.05 Å². The molecule has 5 nitrogen and oxygen atoms in total. The number of aromatic nitrogens is 1. The van der Waals surface area contributed by atoms with Crippen molar-refractivity contribution in [3.63, 3.8) is 0 Å². The number of hydrogen-bond donors (Lipinski definition) is 2. The van der Waals surface area contributed by atoms with Crippen LogP contribution in [0.3, 0.4) is 0 Å². The first kappa shape index (κ1) is 14.8. The molecule has 5 heteroatoms. The van der Waals surface area contributed by atoms with Gasteiger partial charge in [0, 0.05) is 34.9 Å². The molecule has 3 rings (SSSR count). The second-order valence-electron chi connectivity index (χ2n) is 5.27. The van der Waals surface area contributed by atoms with E-state index in [1.54, 1.807) is 6.21 Å². The molecular weight excluding hydrogens is 288 g/mol. The molecule has 0 spiro atoms. The van der Waals surface area contributed by atoms with Gasteiger partial charge in [-0.15, -0.1) is 0 Å². The maximum Gasteiger partial charge on any atom is 0.339 e. The Bertz CT molecular complexity index is 865. The Labute approximate surface area is 134 Å². The summed E-state index contributed by atoms with van der Waals surface area (Å²) < 4.78 is 2.11. The number of urea groups is 1. The topological polar surface area (TPSA) is 58.4 Å². The summed E-state index contributed by atoms with van der Waals surface area (Å²) in [5.41, 5.74) is 6.45. The fraction of sp³-hybridized carbons (Fsp3) is 0.111. The van der Waals surface area contributed by atoms with Gasteiger partial charge in [-0.05, 0) is 25.1 Å². The highest BCUT2D eigenvalue weighted by Gasteiger charge is 2.09. The van der Waals surface area contributed by atoms with Gasteiger partial charge < -0.3 is 9.88 Å². The molecule has 1 aromatic heterocycles. The Morgan fingerprint density at radius 3 is 2.57 bits per heavy atom. The monoisotopic (exact) mass is 306 g/mol. The van der Waals surface area contributed by atoms with Gasteiger partial charge in [-0.3, -0.25) is 0 Å². The van der Waals surface area contributed by atoms with E-state index in [1.807, 2.05) is 62.5 Å². The highest BCUT2D eigenvalue weighted by molar-refractivity contribution is 6.01. The highest BCUT2D eigenvalue weighted by atomic mass is 16.2.